The van der Waals surface area contributed by atoms with Gasteiger partial charge in [0.05, 0.1) is 0 Å². The van der Waals surface area contributed by atoms with E-state index in [1.54, 1.807) is 0 Å². The third-order valence-corrected chi connectivity index (χ3v) is 8.27. The van der Waals surface area contributed by atoms with Crippen LogP contribution in [0.5, 0.6) is 0 Å². The number of carbonyl (C=O) groups is 2. The molecule has 1 aliphatic carbocycles. The quantitative estimate of drug-likeness (QED) is 0.571. The molecule has 8 nitrogen and oxygen atoms in total. The van der Waals surface area contributed by atoms with E-state index in [1.807, 2.05) is 0 Å². The highest BCUT2D eigenvalue weighted by Crippen LogP contribution is 2.41. The molecule has 0 aromatic rings. The van der Waals surface area contributed by atoms with Crippen LogP contribution in [0.3, 0.4) is 0 Å². The van der Waals surface area contributed by atoms with Crippen molar-refractivity contribution in [2.75, 3.05) is 67.5 Å². The molecule has 2 amide bonds. The first kappa shape index (κ1) is 23.4. The highest BCUT2D eigenvalue weighted by atomic mass is 16.2. The molecule has 0 aromatic heterocycles. The van der Waals surface area contributed by atoms with Gasteiger partial charge in [-0.15, -0.1) is 0 Å². The Morgan fingerprint density at radius 1 is 0.733 bits per heavy atom. The predicted octanol–water partition coefficient (Wildman–Crippen LogP) is -0.342. The number of piperazine rings is 2. The van der Waals surface area contributed by atoms with Gasteiger partial charge in [-0.3, -0.25) is 19.4 Å². The summed E-state index contributed by atoms with van der Waals surface area (Å²) >= 11 is 0. The minimum Gasteiger partial charge on any atom is -0.354 e. The number of carbonyl (C=O) groups excluding carboxylic acids is 2. The van der Waals surface area contributed by atoms with Crippen molar-refractivity contribution in [3.05, 3.63) is 0 Å². The van der Waals surface area contributed by atoms with Crippen molar-refractivity contribution >= 4 is 11.8 Å². The topological polar surface area (TPSA) is 71.2 Å². The lowest BCUT2D eigenvalue weighted by Crippen LogP contribution is -2.63. The first-order valence-corrected chi connectivity index (χ1v) is 11.5. The smallest absolute Gasteiger partial charge is 0.235 e. The molecule has 0 bridgehead atoms. The van der Waals surface area contributed by atoms with E-state index in [0.717, 1.165) is 32.6 Å². The molecular weight excluding hydrogens is 380 g/mol. The Morgan fingerprint density at radius 3 is 1.43 bits per heavy atom. The van der Waals surface area contributed by atoms with Gasteiger partial charge in [-0.25, -0.2) is 0 Å². The van der Waals surface area contributed by atoms with E-state index >= 15 is 0 Å². The fourth-order valence-corrected chi connectivity index (χ4v) is 5.17. The zero-order valence-corrected chi connectivity index (χ0v) is 19.8. The Morgan fingerprint density at radius 2 is 1.10 bits per heavy atom. The SMILES string of the molecule is CC1C(CNC(=O)C2(C(=O)NCC3C(C)N(C)CCN3C)CCC2)N(C)CCN1C. The van der Waals surface area contributed by atoms with Crippen molar-refractivity contribution in [1.29, 1.82) is 0 Å². The van der Waals surface area contributed by atoms with Gasteiger partial charge in [0, 0.05) is 63.4 Å². The number of nitrogens with one attached hydrogen (secondary N) is 2. The molecule has 4 atom stereocenters. The molecule has 0 aromatic carbocycles. The summed E-state index contributed by atoms with van der Waals surface area (Å²) in [6.45, 7) is 9.65. The van der Waals surface area contributed by atoms with Gasteiger partial charge in [0.15, 0.2) is 0 Å². The summed E-state index contributed by atoms with van der Waals surface area (Å²) in [5.41, 5.74) is -0.884. The molecule has 4 unspecified atom stereocenters. The number of rotatable bonds is 6. The van der Waals surface area contributed by atoms with Gasteiger partial charge in [0.2, 0.25) is 11.8 Å². The van der Waals surface area contributed by atoms with E-state index in [1.165, 1.54) is 0 Å². The molecule has 1 saturated carbocycles. The number of hydrogen-bond donors (Lipinski definition) is 2. The highest BCUT2D eigenvalue weighted by molar-refractivity contribution is 6.06. The molecule has 2 saturated heterocycles. The second kappa shape index (κ2) is 9.51. The van der Waals surface area contributed by atoms with Crippen molar-refractivity contribution in [2.45, 2.75) is 57.3 Å². The minimum atomic E-state index is -0.884. The summed E-state index contributed by atoms with van der Waals surface area (Å²) in [7, 11) is 8.50. The third-order valence-electron chi connectivity index (χ3n) is 8.27. The van der Waals surface area contributed by atoms with Gasteiger partial charge in [0.1, 0.15) is 5.41 Å². The normalized spacial score (nSPS) is 33.7. The summed E-state index contributed by atoms with van der Waals surface area (Å²) in [6.07, 6.45) is 2.24. The number of hydrogen-bond acceptors (Lipinski definition) is 6. The molecule has 2 aliphatic heterocycles. The van der Waals surface area contributed by atoms with Gasteiger partial charge in [0.25, 0.3) is 0 Å². The van der Waals surface area contributed by atoms with Crippen LogP contribution in [0, 0.1) is 5.41 Å². The number of likely N-dealkylation sites (N-methyl/N-ethyl adjacent to an activating group) is 4. The second-order valence-corrected chi connectivity index (χ2v) is 9.89. The maximum Gasteiger partial charge on any atom is 0.235 e. The van der Waals surface area contributed by atoms with Gasteiger partial charge < -0.3 is 20.4 Å². The van der Waals surface area contributed by atoms with E-state index in [4.69, 9.17) is 0 Å². The number of nitrogens with zero attached hydrogens (tertiary/aromatic N) is 4. The van der Waals surface area contributed by atoms with E-state index in [9.17, 15) is 9.59 Å². The average Bonchev–Trinajstić information content (AvgIpc) is 2.67. The first-order chi connectivity index (χ1) is 14.2. The summed E-state index contributed by atoms with van der Waals surface area (Å²) in [5, 5.41) is 6.27. The van der Waals surface area contributed by atoms with Crippen LogP contribution in [0.1, 0.15) is 33.1 Å². The summed E-state index contributed by atoms with van der Waals surface area (Å²) in [4.78, 5) is 35.6. The molecule has 2 heterocycles. The molecular formula is C22H42N6O2. The Balaban J connectivity index is 1.56. The summed E-state index contributed by atoms with van der Waals surface area (Å²) < 4.78 is 0. The Bertz CT molecular complexity index is 577. The van der Waals surface area contributed by atoms with Gasteiger partial charge >= 0.3 is 0 Å². The molecule has 3 rings (SSSR count). The van der Waals surface area contributed by atoms with Gasteiger partial charge in [-0.1, -0.05) is 6.42 Å². The van der Waals surface area contributed by atoms with E-state index < -0.39 is 5.41 Å². The molecule has 2 N–H and O–H groups in total. The van der Waals surface area contributed by atoms with E-state index in [-0.39, 0.29) is 23.9 Å². The maximum atomic E-state index is 13.1. The lowest BCUT2D eigenvalue weighted by atomic mass is 9.67. The molecule has 30 heavy (non-hydrogen) atoms. The van der Waals surface area contributed by atoms with Crippen LogP contribution in [-0.4, -0.2) is 123 Å². The van der Waals surface area contributed by atoms with Crippen molar-refractivity contribution < 1.29 is 9.59 Å². The monoisotopic (exact) mass is 422 g/mol. The molecule has 8 heteroatoms. The van der Waals surface area contributed by atoms with Crippen LogP contribution in [0.15, 0.2) is 0 Å². The van der Waals surface area contributed by atoms with Gasteiger partial charge in [-0.2, -0.15) is 0 Å². The van der Waals surface area contributed by atoms with Crippen LogP contribution < -0.4 is 10.6 Å². The predicted molar refractivity (Wildman–Crippen MR) is 119 cm³/mol. The molecule has 172 valence electrons. The third kappa shape index (κ3) is 4.52. The fourth-order valence-electron chi connectivity index (χ4n) is 5.17. The van der Waals surface area contributed by atoms with Crippen LogP contribution in [-0.2, 0) is 9.59 Å². The summed E-state index contributed by atoms with van der Waals surface area (Å²) in [6, 6.07) is 1.27. The van der Waals surface area contributed by atoms with E-state index in [0.29, 0.717) is 38.0 Å². The lowest BCUT2D eigenvalue weighted by molar-refractivity contribution is -0.150. The zero-order valence-electron chi connectivity index (χ0n) is 19.8. The molecule has 0 spiro atoms. The Kier molecular flexibility index (Phi) is 7.43. The highest BCUT2D eigenvalue weighted by Gasteiger charge is 2.51. The molecule has 0 radical (unpaired) electrons. The summed E-state index contributed by atoms with van der Waals surface area (Å²) in [5.74, 6) is -0.190. The van der Waals surface area contributed by atoms with Crippen LogP contribution in [0.2, 0.25) is 0 Å². The van der Waals surface area contributed by atoms with Crippen LogP contribution >= 0.6 is 0 Å². The van der Waals surface area contributed by atoms with Crippen molar-refractivity contribution in [1.82, 2.24) is 30.2 Å². The van der Waals surface area contributed by atoms with Crippen molar-refractivity contribution in [2.24, 2.45) is 5.41 Å². The molecule has 3 aliphatic rings. The van der Waals surface area contributed by atoms with Crippen LogP contribution in [0.25, 0.3) is 0 Å². The largest absolute Gasteiger partial charge is 0.354 e. The minimum absolute atomic E-state index is 0.0951. The first-order valence-electron chi connectivity index (χ1n) is 11.5. The fraction of sp³-hybridized carbons (Fsp3) is 0.909. The number of amides is 2. The van der Waals surface area contributed by atoms with Crippen LogP contribution in [0.4, 0.5) is 0 Å². The standard InChI is InChI=1S/C22H42N6O2/c1-16-18(27(5)12-10-25(16)3)14-23-20(29)22(8-7-9-22)21(30)24-15-19-17(2)26(4)11-13-28(19)6/h16-19H,7-15H2,1-6H3,(H,23,29)(H,24,30). The maximum absolute atomic E-state index is 13.1. The lowest BCUT2D eigenvalue weighted by Gasteiger charge is -2.45. The Hall–Kier alpha value is -1.22. The molecule has 3 fully saturated rings. The van der Waals surface area contributed by atoms with Gasteiger partial charge in [-0.05, 0) is 54.9 Å². The zero-order chi connectivity index (χ0) is 22.1. The average molecular weight is 423 g/mol. The second-order valence-electron chi connectivity index (χ2n) is 9.89. The van der Waals surface area contributed by atoms with Crippen molar-refractivity contribution in [3.8, 4) is 0 Å². The van der Waals surface area contributed by atoms with Crippen molar-refractivity contribution in [3.63, 3.8) is 0 Å². The Labute approximate surface area is 182 Å². The van der Waals surface area contributed by atoms with E-state index in [2.05, 4.69) is 72.3 Å².